The van der Waals surface area contributed by atoms with Crippen LogP contribution in [0.1, 0.15) is 17.0 Å². The van der Waals surface area contributed by atoms with Crippen LogP contribution in [0, 0.1) is 6.92 Å². The molecule has 0 bridgehead atoms. The smallest absolute Gasteiger partial charge is 0.271 e. The molecule has 1 aromatic carbocycles. The van der Waals surface area contributed by atoms with Crippen molar-refractivity contribution >= 4 is 27.4 Å². The zero-order valence-corrected chi connectivity index (χ0v) is 19.3. The van der Waals surface area contributed by atoms with Crippen molar-refractivity contribution in [1.82, 2.24) is 23.7 Å². The Labute approximate surface area is 194 Å². The highest BCUT2D eigenvalue weighted by molar-refractivity contribution is 7.86. The van der Waals surface area contributed by atoms with Gasteiger partial charge in [0.15, 0.2) is 5.82 Å². The van der Waals surface area contributed by atoms with Crippen molar-refractivity contribution in [3.8, 4) is 0 Å². The zero-order valence-electron chi connectivity index (χ0n) is 18.5. The van der Waals surface area contributed by atoms with Gasteiger partial charge in [0.1, 0.15) is 18.1 Å². The fourth-order valence-electron chi connectivity index (χ4n) is 3.80. The van der Waals surface area contributed by atoms with Crippen LogP contribution >= 0.6 is 0 Å². The van der Waals surface area contributed by atoms with Crippen LogP contribution in [0.2, 0.25) is 0 Å². The number of aromatic nitrogens is 5. The molecule has 1 aliphatic rings. The third-order valence-corrected chi connectivity index (χ3v) is 6.84. The van der Waals surface area contributed by atoms with Crippen molar-refractivity contribution in [1.29, 1.82) is 0 Å². The van der Waals surface area contributed by atoms with Gasteiger partial charge in [0, 0.05) is 13.2 Å². The van der Waals surface area contributed by atoms with Gasteiger partial charge in [0.2, 0.25) is 5.78 Å². The molecule has 0 spiro atoms. The Morgan fingerprint density at radius 2 is 1.91 bits per heavy atom. The molecule has 4 aromatic rings. The van der Waals surface area contributed by atoms with E-state index in [-0.39, 0.29) is 30.5 Å². The molecule has 2 N–H and O–H groups in total. The summed E-state index contributed by atoms with van der Waals surface area (Å²) in [6.07, 6.45) is 1.65. The Bertz CT molecular complexity index is 1570. The Balaban J connectivity index is 1.49. The normalized spacial score (nSPS) is 13.9. The molecule has 1 aliphatic heterocycles. The van der Waals surface area contributed by atoms with Crippen molar-refractivity contribution in [2.45, 2.75) is 18.4 Å². The molecule has 0 atom stereocenters. The minimum atomic E-state index is -3.97. The largest absolute Gasteiger partial charge is 0.345 e. The van der Waals surface area contributed by atoms with E-state index in [1.54, 1.807) is 36.0 Å². The lowest BCUT2D eigenvalue weighted by Gasteiger charge is -2.21. The van der Waals surface area contributed by atoms with Crippen molar-refractivity contribution in [3.63, 3.8) is 0 Å². The van der Waals surface area contributed by atoms with Crippen LogP contribution in [-0.2, 0) is 27.9 Å². The first-order valence-electron chi connectivity index (χ1n) is 10.4. The van der Waals surface area contributed by atoms with Gasteiger partial charge >= 0.3 is 5.69 Å². The maximum absolute atomic E-state index is 13.0. The fourth-order valence-corrected chi connectivity index (χ4v) is 4.70. The van der Waals surface area contributed by atoms with E-state index in [0.717, 1.165) is 5.56 Å². The van der Waals surface area contributed by atoms with Gasteiger partial charge in [-0.1, -0.05) is 23.8 Å². The monoisotopic (exact) mass is 482 g/mol. The number of benzene rings is 1. The second-order valence-corrected chi connectivity index (χ2v) is 9.39. The molecule has 0 aliphatic carbocycles. The summed E-state index contributed by atoms with van der Waals surface area (Å²) < 4.78 is 34.5. The summed E-state index contributed by atoms with van der Waals surface area (Å²) in [5.74, 6) is 6.83. The van der Waals surface area contributed by atoms with E-state index in [0.29, 0.717) is 22.9 Å². The van der Waals surface area contributed by atoms with Gasteiger partial charge in [-0.2, -0.15) is 13.4 Å². The number of fused-ring (bicyclic) bond motifs is 3. The number of nitrogens with two attached hydrogens (primary N) is 1. The summed E-state index contributed by atoms with van der Waals surface area (Å²) in [6, 6.07) is 11.8. The highest BCUT2D eigenvalue weighted by Gasteiger charge is 2.30. The van der Waals surface area contributed by atoms with Gasteiger partial charge in [-0.25, -0.2) is 19.8 Å². The van der Waals surface area contributed by atoms with E-state index in [1.165, 1.54) is 26.4 Å². The number of pyridine rings is 1. The van der Waals surface area contributed by atoms with Gasteiger partial charge in [-0.15, -0.1) is 0 Å². The first-order chi connectivity index (χ1) is 16.3. The van der Waals surface area contributed by atoms with Gasteiger partial charge in [-0.3, -0.25) is 23.7 Å². The summed E-state index contributed by atoms with van der Waals surface area (Å²) in [5, 5.41) is 1.38. The molecule has 0 saturated carbocycles. The molecule has 0 saturated heterocycles. The predicted octanol–water partition coefficient (Wildman–Crippen LogP) is 0.432. The summed E-state index contributed by atoms with van der Waals surface area (Å²) in [6.45, 7) is 1.75. The summed E-state index contributed by atoms with van der Waals surface area (Å²) in [4.78, 5) is 26.5. The molecular weight excluding hydrogens is 460 g/mol. The SMILES string of the molecule is Cc1ccc(S(=O)(=O)OCCn2c(=O)n(C)n3c4c(nc23)N(N)CN=C4c2ccccn2)cc1. The Morgan fingerprint density at radius 3 is 2.62 bits per heavy atom. The standard InChI is InChI=1S/C21H22N8O4S/c1-14-6-8-15(9-7-14)34(31,32)33-12-11-27-20-25-19-18(29(20)26(2)21(27)30)17(24-13-28(19)22)16-5-3-4-10-23-16/h3-10H,11-13,22H2,1-2H3. The fraction of sp³-hybridized carbons (Fsp3) is 0.238. The molecule has 3 aromatic heterocycles. The number of hydrogen-bond donors (Lipinski definition) is 1. The van der Waals surface area contributed by atoms with Crippen molar-refractivity contribution < 1.29 is 12.6 Å². The number of aryl methyl sites for hydroxylation is 2. The second-order valence-electron chi connectivity index (χ2n) is 7.78. The van der Waals surface area contributed by atoms with Crippen LogP contribution in [-0.4, -0.2) is 51.1 Å². The number of rotatable bonds is 6. The first-order valence-corrected chi connectivity index (χ1v) is 11.8. The Kier molecular flexibility index (Phi) is 5.31. The Hall–Kier alpha value is -3.81. The van der Waals surface area contributed by atoms with E-state index in [9.17, 15) is 13.2 Å². The summed E-state index contributed by atoms with van der Waals surface area (Å²) >= 11 is 0. The van der Waals surface area contributed by atoms with Crippen LogP contribution < -0.4 is 16.5 Å². The lowest BCUT2D eigenvalue weighted by Crippen LogP contribution is -2.37. The summed E-state index contributed by atoms with van der Waals surface area (Å²) in [5.41, 5.74) is 2.23. The Morgan fingerprint density at radius 1 is 1.15 bits per heavy atom. The number of nitrogens with zero attached hydrogens (tertiary/aromatic N) is 7. The lowest BCUT2D eigenvalue weighted by molar-refractivity contribution is 0.300. The van der Waals surface area contributed by atoms with E-state index in [2.05, 4.69) is 15.0 Å². The number of hydrazine groups is 1. The molecular formula is C21H22N8O4S. The first kappa shape index (κ1) is 22.0. The van der Waals surface area contributed by atoms with Crippen LogP contribution in [0.25, 0.3) is 5.78 Å². The van der Waals surface area contributed by atoms with Crippen molar-refractivity contribution in [2.75, 3.05) is 18.3 Å². The molecule has 0 fully saturated rings. The van der Waals surface area contributed by atoms with Gasteiger partial charge in [0.25, 0.3) is 10.1 Å². The minimum Gasteiger partial charge on any atom is -0.271 e. The zero-order chi connectivity index (χ0) is 24.0. The minimum absolute atomic E-state index is 0.0369. The van der Waals surface area contributed by atoms with Gasteiger partial charge in [0.05, 0.1) is 23.7 Å². The topological polar surface area (TPSA) is 142 Å². The van der Waals surface area contributed by atoms with Crippen molar-refractivity contribution in [2.24, 2.45) is 17.9 Å². The van der Waals surface area contributed by atoms with E-state index in [4.69, 9.17) is 10.0 Å². The van der Waals surface area contributed by atoms with Crippen LogP contribution in [0.5, 0.6) is 0 Å². The van der Waals surface area contributed by atoms with Crippen LogP contribution in [0.4, 0.5) is 5.82 Å². The number of imidazole rings is 1. The van der Waals surface area contributed by atoms with Crippen molar-refractivity contribution in [3.05, 3.63) is 76.1 Å². The molecule has 5 rings (SSSR count). The number of aliphatic imine (C=N–C) groups is 1. The highest BCUT2D eigenvalue weighted by Crippen LogP contribution is 2.26. The van der Waals surface area contributed by atoms with E-state index >= 15 is 0 Å². The van der Waals surface area contributed by atoms with Crippen LogP contribution in [0.15, 0.2) is 63.3 Å². The average Bonchev–Trinajstić information content (AvgIpc) is 3.32. The lowest BCUT2D eigenvalue weighted by atomic mass is 10.1. The third kappa shape index (κ3) is 3.59. The second kappa shape index (κ2) is 8.20. The molecule has 13 heteroatoms. The molecule has 0 amide bonds. The summed E-state index contributed by atoms with van der Waals surface area (Å²) in [7, 11) is -2.38. The maximum atomic E-state index is 13.0. The highest BCUT2D eigenvalue weighted by atomic mass is 32.2. The number of anilines is 1. The molecule has 0 radical (unpaired) electrons. The van der Waals surface area contributed by atoms with Gasteiger partial charge < -0.3 is 0 Å². The van der Waals surface area contributed by atoms with Crippen LogP contribution in [0.3, 0.4) is 0 Å². The van der Waals surface area contributed by atoms with E-state index in [1.807, 2.05) is 19.1 Å². The average molecular weight is 483 g/mol. The quantitative estimate of drug-likeness (QED) is 0.308. The molecule has 12 nitrogen and oxygen atoms in total. The number of hydrogen-bond acceptors (Lipinski definition) is 9. The molecule has 4 heterocycles. The molecule has 0 unspecified atom stereocenters. The predicted molar refractivity (Wildman–Crippen MR) is 124 cm³/mol. The maximum Gasteiger partial charge on any atom is 0.345 e. The molecule has 176 valence electrons. The van der Waals surface area contributed by atoms with E-state index < -0.39 is 15.8 Å². The third-order valence-electron chi connectivity index (χ3n) is 5.52. The molecule has 34 heavy (non-hydrogen) atoms. The van der Waals surface area contributed by atoms with Gasteiger partial charge in [-0.05, 0) is 31.2 Å².